The lowest BCUT2D eigenvalue weighted by Gasteiger charge is -2.42. The fraction of sp³-hybridized carbons (Fsp3) is 0.540. The average molecular weight is 951 g/mol. The maximum atomic E-state index is 14.7. The monoisotopic (exact) mass is 950 g/mol. The van der Waals surface area contributed by atoms with Crippen LogP contribution in [0.25, 0.3) is 33.4 Å². The number of piperazine rings is 1. The van der Waals surface area contributed by atoms with Gasteiger partial charge in [-0.15, -0.1) is 11.3 Å². The minimum Gasteiger partial charge on any atom is -0.464 e. The highest BCUT2D eigenvalue weighted by Crippen LogP contribution is 2.57. The summed E-state index contributed by atoms with van der Waals surface area (Å²) in [5.41, 5.74) is 9.24. The molecule has 2 fully saturated rings. The van der Waals surface area contributed by atoms with Gasteiger partial charge >= 0.3 is 12.0 Å². The molecule has 4 aromatic rings. The number of esters is 1. The number of hydrazine groups is 1. The number of methoxy groups -OCH3 is 1. The lowest BCUT2D eigenvalue weighted by molar-refractivity contribution is -0.156. The first-order chi connectivity index (χ1) is 32.6. The molecule has 0 radical (unpaired) electrons. The number of nitrogens with zero attached hydrogens (tertiary/aromatic N) is 8. The van der Waals surface area contributed by atoms with Crippen LogP contribution >= 0.6 is 11.3 Å². The number of urea groups is 1. The number of cyclic esters (lactones) is 1. The molecule has 0 spiro atoms. The Morgan fingerprint density at radius 1 is 1.12 bits per heavy atom. The summed E-state index contributed by atoms with van der Waals surface area (Å²) < 4.78 is 14.9. The van der Waals surface area contributed by atoms with Crippen LogP contribution in [0.2, 0.25) is 0 Å². The van der Waals surface area contributed by atoms with Gasteiger partial charge in [-0.25, -0.2) is 15.2 Å². The van der Waals surface area contributed by atoms with Crippen molar-refractivity contribution in [3.8, 4) is 22.5 Å². The molecule has 0 saturated carbocycles. The maximum Gasteiger partial charge on any atom is 0.324 e. The second-order valence-corrected chi connectivity index (χ2v) is 20.4. The van der Waals surface area contributed by atoms with Crippen molar-refractivity contribution in [2.45, 2.75) is 90.6 Å². The van der Waals surface area contributed by atoms with Crippen LogP contribution in [0.1, 0.15) is 75.7 Å². The fourth-order valence-electron chi connectivity index (χ4n) is 10.6. The Morgan fingerprint density at radius 2 is 1.88 bits per heavy atom. The number of likely N-dealkylation sites (N-methyl/N-ethyl adjacent to an activating group) is 2. The summed E-state index contributed by atoms with van der Waals surface area (Å²) in [4.78, 5) is 86.4. The van der Waals surface area contributed by atoms with Crippen molar-refractivity contribution in [1.82, 2.24) is 49.9 Å². The van der Waals surface area contributed by atoms with Crippen molar-refractivity contribution in [3.63, 3.8) is 0 Å². The van der Waals surface area contributed by atoms with Gasteiger partial charge in [0.25, 0.3) is 5.91 Å². The highest BCUT2D eigenvalue weighted by Gasteiger charge is 2.48. The number of pyridine rings is 1. The van der Waals surface area contributed by atoms with Crippen LogP contribution < -0.4 is 10.7 Å². The van der Waals surface area contributed by atoms with Crippen LogP contribution in [0.15, 0.2) is 54.6 Å². The summed E-state index contributed by atoms with van der Waals surface area (Å²) in [6.45, 7) is 18.1. The number of nitrogens with one attached hydrogen (secondary N) is 2. The van der Waals surface area contributed by atoms with Crippen LogP contribution in [0, 0.1) is 11.3 Å². The Labute approximate surface area is 402 Å². The molecule has 6 heterocycles. The lowest BCUT2D eigenvalue weighted by atomic mass is 9.67. The Kier molecular flexibility index (Phi) is 14.4. The molecule has 17 nitrogen and oxygen atoms in total. The maximum absolute atomic E-state index is 14.7. The molecular formula is C50H66N10O7S. The molecule has 2 saturated heterocycles. The van der Waals surface area contributed by atoms with E-state index in [9.17, 15) is 24.0 Å². The van der Waals surface area contributed by atoms with E-state index >= 15 is 0 Å². The standard InChI is InChI=1S/C50H66N10O7S/c1-10-39(61)55(7)20-21-57-22-24-58(25-23-57)49(65)56(8)43(30(3)4)46(62)53-35-27-38-52-36(28-68-38)31-16-17-37-33(26-31)40-41(45(66-9)42-32(14-12-18-51-42)44(40)59(37)11-2)50(5,6)29-67-48(64)34-15-13-19-60(54-34)47(35)63/h10,12,14,16-18,26,28,30,34-35,41,43,45,54H,1,11,13,15,19-25,27,29H2,2-9H3,(H,53,62)/t34-,35?,41?,43-,45-/m0/s1. The molecule has 2 unspecified atom stereocenters. The van der Waals surface area contributed by atoms with Crippen LogP contribution in [0.4, 0.5) is 4.79 Å². The number of hydrogen-bond donors (Lipinski definition) is 2. The minimum absolute atomic E-state index is 0.0745. The third kappa shape index (κ3) is 9.39. The third-order valence-electron chi connectivity index (χ3n) is 14.2. The number of ether oxygens (including phenoxy) is 2. The van der Waals surface area contributed by atoms with Crippen LogP contribution in [-0.2, 0) is 41.6 Å². The smallest absolute Gasteiger partial charge is 0.324 e. The largest absolute Gasteiger partial charge is 0.464 e. The van der Waals surface area contributed by atoms with E-state index in [1.54, 1.807) is 37.2 Å². The molecule has 6 bridgehead atoms. The number of aryl methyl sites for hydroxylation is 1. The number of carbonyl (C=O) groups is 5. The molecular weight excluding hydrogens is 885 g/mol. The molecule has 4 aliphatic rings. The highest BCUT2D eigenvalue weighted by molar-refractivity contribution is 7.10. The highest BCUT2D eigenvalue weighted by atomic mass is 32.1. The van der Waals surface area contributed by atoms with Crippen molar-refractivity contribution in [3.05, 3.63) is 70.8 Å². The van der Waals surface area contributed by atoms with Gasteiger partial charge in [0, 0.05) is 125 Å². The number of fused-ring (bicyclic) bond motifs is 8. The number of hydrogen-bond acceptors (Lipinski definition) is 12. The molecule has 3 aromatic heterocycles. The zero-order valence-corrected chi connectivity index (χ0v) is 41.4. The van der Waals surface area contributed by atoms with E-state index in [1.165, 1.54) is 27.3 Å². The number of benzene rings is 1. The number of thiazole rings is 1. The van der Waals surface area contributed by atoms with Gasteiger partial charge in [0.1, 0.15) is 24.2 Å². The molecule has 2 N–H and O–H groups in total. The van der Waals surface area contributed by atoms with Crippen LogP contribution in [-0.4, -0.2) is 161 Å². The predicted octanol–water partition coefficient (Wildman–Crippen LogP) is 5.08. The summed E-state index contributed by atoms with van der Waals surface area (Å²) in [6.07, 6.45) is 3.73. The second-order valence-electron chi connectivity index (χ2n) is 19.5. The van der Waals surface area contributed by atoms with Gasteiger partial charge in [-0.1, -0.05) is 40.3 Å². The molecule has 5 amide bonds. The molecule has 5 atom stereocenters. The first kappa shape index (κ1) is 48.8. The molecule has 364 valence electrons. The van der Waals surface area contributed by atoms with E-state index in [0.717, 1.165) is 44.7 Å². The van der Waals surface area contributed by atoms with Crippen molar-refractivity contribution >= 4 is 52.0 Å². The van der Waals surface area contributed by atoms with Gasteiger partial charge in [-0.05, 0) is 61.6 Å². The Balaban J connectivity index is 1.10. The van der Waals surface area contributed by atoms with E-state index in [1.807, 2.05) is 25.3 Å². The van der Waals surface area contributed by atoms with Crippen molar-refractivity contribution in [2.75, 3.05) is 73.6 Å². The van der Waals surface area contributed by atoms with Crippen LogP contribution in [0.3, 0.4) is 0 Å². The van der Waals surface area contributed by atoms with Gasteiger partial charge in [-0.3, -0.25) is 34.1 Å². The molecule has 1 aromatic carbocycles. The number of rotatable bonds is 10. The molecule has 8 rings (SSSR count). The van der Waals surface area contributed by atoms with E-state index in [-0.39, 0.29) is 36.8 Å². The number of aromatic nitrogens is 3. The zero-order valence-electron chi connectivity index (χ0n) is 40.6. The summed E-state index contributed by atoms with van der Waals surface area (Å²) >= 11 is 1.41. The number of carbonyl (C=O) groups excluding carboxylic acids is 5. The zero-order chi connectivity index (χ0) is 48.6. The molecule has 3 aliphatic heterocycles. The predicted molar refractivity (Wildman–Crippen MR) is 260 cm³/mol. The first-order valence-corrected chi connectivity index (χ1v) is 24.7. The normalized spacial score (nSPS) is 22.2. The van der Waals surface area contributed by atoms with E-state index in [4.69, 9.17) is 19.4 Å². The second kappa shape index (κ2) is 20.1. The Hall–Kier alpha value is -5.69. The SMILES string of the molecule is C=CC(=O)N(C)CCN1CCN(C(=O)N(C)[C@H](C(=O)NC2Cc3nc(cs3)-c3ccc4c(c3)c3c(n4CC)-c4cccnc4[C@@H](OC)C3C(C)(C)COC(=O)[C@@H]3CCCN(N3)C2=O)C(C)C)CC1. The summed E-state index contributed by atoms with van der Waals surface area (Å²) in [6, 6.07) is 7.39. The van der Waals surface area contributed by atoms with Gasteiger partial charge < -0.3 is 34.1 Å². The topological polar surface area (TPSA) is 175 Å². The van der Waals surface area contributed by atoms with E-state index in [0.29, 0.717) is 70.2 Å². The summed E-state index contributed by atoms with van der Waals surface area (Å²) in [5.74, 6) is -2.06. The summed E-state index contributed by atoms with van der Waals surface area (Å²) in [5, 5.41) is 8.16. The van der Waals surface area contributed by atoms with Gasteiger partial charge in [0.2, 0.25) is 11.8 Å². The van der Waals surface area contributed by atoms with Gasteiger partial charge in [0.05, 0.1) is 28.7 Å². The average Bonchev–Trinajstić information content (AvgIpc) is 3.95. The Morgan fingerprint density at radius 3 is 2.59 bits per heavy atom. The number of amides is 5. The van der Waals surface area contributed by atoms with Gasteiger partial charge in [-0.2, -0.15) is 0 Å². The first-order valence-electron chi connectivity index (χ1n) is 23.8. The van der Waals surface area contributed by atoms with Crippen molar-refractivity contribution < 1.29 is 33.4 Å². The molecule has 1 aliphatic carbocycles. The van der Waals surface area contributed by atoms with E-state index in [2.05, 4.69) is 71.8 Å². The fourth-order valence-corrected chi connectivity index (χ4v) is 11.4. The molecule has 68 heavy (non-hydrogen) atoms. The quantitative estimate of drug-likeness (QED) is 0.160. The van der Waals surface area contributed by atoms with E-state index < -0.39 is 47.4 Å². The van der Waals surface area contributed by atoms with Crippen LogP contribution in [0.5, 0.6) is 0 Å². The molecule has 18 heteroatoms. The van der Waals surface area contributed by atoms with Gasteiger partial charge in [0.15, 0.2) is 0 Å². The Bertz CT molecular complexity index is 2560. The van der Waals surface area contributed by atoms with Crippen molar-refractivity contribution in [1.29, 1.82) is 0 Å². The lowest BCUT2D eigenvalue weighted by Crippen LogP contribution is -2.63. The summed E-state index contributed by atoms with van der Waals surface area (Å²) in [7, 11) is 5.08. The van der Waals surface area contributed by atoms with Crippen molar-refractivity contribution in [2.24, 2.45) is 11.3 Å². The minimum atomic E-state index is -1.07. The third-order valence-corrected chi connectivity index (χ3v) is 15.1.